The molecule has 1 unspecified atom stereocenters. The minimum atomic E-state index is -3.17. The van der Waals surface area contributed by atoms with Crippen molar-refractivity contribution in [1.29, 1.82) is 0 Å². The van der Waals surface area contributed by atoms with Crippen molar-refractivity contribution in [3.05, 3.63) is 21.9 Å². The Morgan fingerprint density at radius 2 is 2.15 bits per heavy atom. The van der Waals surface area contributed by atoms with Gasteiger partial charge in [0, 0.05) is 11.4 Å². The normalized spacial score (nSPS) is 20.8. The zero-order valence-corrected chi connectivity index (χ0v) is 12.5. The molecule has 2 rings (SSSR count). The number of sulfone groups is 1. The van der Waals surface area contributed by atoms with Crippen LogP contribution in [0.15, 0.2) is 10.8 Å². The molecule has 1 saturated heterocycles. The summed E-state index contributed by atoms with van der Waals surface area (Å²) >= 11 is 1.36. The first-order valence-corrected chi connectivity index (χ1v) is 8.82. The largest absolute Gasteiger partial charge is 0.480 e. The number of aliphatic carboxylic acids is 1. The van der Waals surface area contributed by atoms with E-state index in [0.717, 1.165) is 5.56 Å². The van der Waals surface area contributed by atoms with Gasteiger partial charge in [0.25, 0.3) is 5.91 Å². The SMILES string of the molecule is Cc1cscc1C(=O)N(CC(=O)O)C1CCS(=O)(=O)C1. The molecule has 8 heteroatoms. The van der Waals surface area contributed by atoms with Crippen molar-refractivity contribution in [3.8, 4) is 0 Å². The van der Waals surface area contributed by atoms with E-state index in [-0.39, 0.29) is 11.5 Å². The molecule has 0 aromatic carbocycles. The van der Waals surface area contributed by atoms with Gasteiger partial charge in [0.05, 0.1) is 17.1 Å². The summed E-state index contributed by atoms with van der Waals surface area (Å²) in [6.07, 6.45) is 0.296. The molecule has 2 heterocycles. The van der Waals surface area contributed by atoms with E-state index in [2.05, 4.69) is 0 Å². The quantitative estimate of drug-likeness (QED) is 0.885. The molecule has 1 aliphatic rings. The van der Waals surface area contributed by atoms with Crippen LogP contribution in [0.4, 0.5) is 0 Å². The second-order valence-electron chi connectivity index (χ2n) is 4.85. The topological polar surface area (TPSA) is 91.8 Å². The summed E-state index contributed by atoms with van der Waals surface area (Å²) in [6.45, 7) is 1.29. The van der Waals surface area contributed by atoms with E-state index in [4.69, 9.17) is 5.11 Å². The minimum absolute atomic E-state index is 0.00366. The van der Waals surface area contributed by atoms with Crippen LogP contribution in [0.1, 0.15) is 22.3 Å². The number of hydrogen-bond acceptors (Lipinski definition) is 5. The Hall–Kier alpha value is -1.41. The van der Waals surface area contributed by atoms with Crippen LogP contribution >= 0.6 is 11.3 Å². The van der Waals surface area contributed by atoms with Crippen molar-refractivity contribution in [1.82, 2.24) is 4.90 Å². The number of amides is 1. The Kier molecular flexibility index (Phi) is 4.14. The summed E-state index contributed by atoms with van der Waals surface area (Å²) in [4.78, 5) is 24.5. The van der Waals surface area contributed by atoms with Gasteiger partial charge in [-0.2, -0.15) is 11.3 Å². The average Bonchev–Trinajstić information content (AvgIpc) is 2.91. The van der Waals surface area contributed by atoms with Gasteiger partial charge in [0.15, 0.2) is 9.84 Å². The lowest BCUT2D eigenvalue weighted by atomic mass is 10.1. The third-order valence-electron chi connectivity index (χ3n) is 3.30. The summed E-state index contributed by atoms with van der Waals surface area (Å²) in [7, 11) is -3.17. The van der Waals surface area contributed by atoms with Gasteiger partial charge in [-0.15, -0.1) is 0 Å². The smallest absolute Gasteiger partial charge is 0.323 e. The Labute approximate surface area is 120 Å². The molecule has 20 heavy (non-hydrogen) atoms. The number of carboxylic acid groups (broad SMARTS) is 1. The fourth-order valence-corrected chi connectivity index (χ4v) is 4.82. The van der Waals surface area contributed by atoms with Crippen molar-refractivity contribution in [2.75, 3.05) is 18.1 Å². The molecule has 1 aliphatic heterocycles. The van der Waals surface area contributed by atoms with Crippen molar-refractivity contribution in [3.63, 3.8) is 0 Å². The van der Waals surface area contributed by atoms with Gasteiger partial charge >= 0.3 is 5.97 Å². The zero-order valence-electron chi connectivity index (χ0n) is 10.9. The van der Waals surface area contributed by atoms with Crippen LogP contribution in [0.5, 0.6) is 0 Å². The minimum Gasteiger partial charge on any atom is -0.480 e. The fraction of sp³-hybridized carbons (Fsp3) is 0.500. The first-order valence-electron chi connectivity index (χ1n) is 6.06. The summed E-state index contributed by atoms with van der Waals surface area (Å²) in [5.74, 6) is -1.71. The van der Waals surface area contributed by atoms with Crippen molar-refractivity contribution in [2.45, 2.75) is 19.4 Å². The van der Waals surface area contributed by atoms with E-state index in [9.17, 15) is 18.0 Å². The maximum absolute atomic E-state index is 12.4. The van der Waals surface area contributed by atoms with Crippen LogP contribution < -0.4 is 0 Å². The molecule has 0 bridgehead atoms. The summed E-state index contributed by atoms with van der Waals surface area (Å²) in [6, 6.07) is -0.553. The molecule has 0 saturated carbocycles. The van der Waals surface area contributed by atoms with Gasteiger partial charge in [0.1, 0.15) is 6.54 Å². The predicted octanol–water partition coefficient (Wildman–Crippen LogP) is 0.770. The van der Waals surface area contributed by atoms with E-state index in [1.54, 1.807) is 17.7 Å². The monoisotopic (exact) mass is 317 g/mol. The van der Waals surface area contributed by atoms with Crippen LogP contribution in [0.3, 0.4) is 0 Å². The lowest BCUT2D eigenvalue weighted by Gasteiger charge is -2.26. The highest BCUT2D eigenvalue weighted by Gasteiger charge is 2.36. The second kappa shape index (κ2) is 5.53. The summed E-state index contributed by atoms with van der Waals surface area (Å²) in [5, 5.41) is 12.4. The van der Waals surface area contributed by atoms with Gasteiger partial charge in [-0.25, -0.2) is 8.42 Å². The van der Waals surface area contributed by atoms with E-state index < -0.39 is 34.3 Å². The van der Waals surface area contributed by atoms with E-state index in [0.29, 0.717) is 12.0 Å². The number of rotatable bonds is 4. The standard InChI is InChI=1S/C12H15NO5S2/c1-8-5-19-6-10(8)12(16)13(4-11(14)15)9-2-3-20(17,18)7-9/h5-6,9H,2-4,7H2,1H3,(H,14,15). The molecule has 1 atom stereocenters. The molecule has 110 valence electrons. The highest BCUT2D eigenvalue weighted by atomic mass is 32.2. The van der Waals surface area contributed by atoms with Crippen molar-refractivity contribution in [2.24, 2.45) is 0 Å². The predicted molar refractivity (Wildman–Crippen MR) is 74.8 cm³/mol. The van der Waals surface area contributed by atoms with Crippen molar-refractivity contribution >= 4 is 33.1 Å². The number of aryl methyl sites for hydroxylation is 1. The van der Waals surface area contributed by atoms with Crippen LogP contribution in [0.2, 0.25) is 0 Å². The van der Waals surface area contributed by atoms with Gasteiger partial charge in [-0.3, -0.25) is 9.59 Å². The lowest BCUT2D eigenvalue weighted by molar-refractivity contribution is -0.138. The number of thiophene rings is 1. The Bertz CT molecular complexity index is 634. The molecule has 0 spiro atoms. The third-order valence-corrected chi connectivity index (χ3v) is 5.91. The summed E-state index contributed by atoms with van der Waals surface area (Å²) in [5.41, 5.74) is 1.22. The van der Waals surface area contributed by atoms with Gasteiger partial charge < -0.3 is 10.0 Å². The highest BCUT2D eigenvalue weighted by Crippen LogP contribution is 2.22. The number of carbonyl (C=O) groups is 2. The van der Waals surface area contributed by atoms with Crippen LogP contribution in [-0.4, -0.2) is 54.4 Å². The van der Waals surface area contributed by atoms with Gasteiger partial charge in [-0.1, -0.05) is 0 Å². The maximum atomic E-state index is 12.4. The zero-order chi connectivity index (χ0) is 14.9. The second-order valence-corrected chi connectivity index (χ2v) is 7.82. The Morgan fingerprint density at radius 1 is 1.45 bits per heavy atom. The van der Waals surface area contributed by atoms with Crippen LogP contribution in [0, 0.1) is 6.92 Å². The Balaban J connectivity index is 2.27. The van der Waals surface area contributed by atoms with Crippen LogP contribution in [0.25, 0.3) is 0 Å². The molecule has 1 fully saturated rings. The molecule has 1 amide bonds. The van der Waals surface area contributed by atoms with E-state index in [1.807, 2.05) is 0 Å². The molecular formula is C12H15NO5S2. The molecule has 1 aromatic heterocycles. The summed E-state index contributed by atoms with van der Waals surface area (Å²) < 4.78 is 23.0. The number of carbonyl (C=O) groups excluding carboxylic acids is 1. The van der Waals surface area contributed by atoms with Gasteiger partial charge in [0.2, 0.25) is 0 Å². The van der Waals surface area contributed by atoms with Crippen molar-refractivity contribution < 1.29 is 23.1 Å². The van der Waals surface area contributed by atoms with E-state index in [1.165, 1.54) is 16.2 Å². The fourth-order valence-electron chi connectivity index (χ4n) is 2.27. The third kappa shape index (κ3) is 3.18. The van der Waals surface area contributed by atoms with Gasteiger partial charge in [-0.05, 0) is 24.3 Å². The Morgan fingerprint density at radius 3 is 2.60 bits per heavy atom. The van der Waals surface area contributed by atoms with Crippen LogP contribution in [-0.2, 0) is 14.6 Å². The molecule has 1 N–H and O–H groups in total. The highest BCUT2D eigenvalue weighted by molar-refractivity contribution is 7.91. The molecule has 1 aromatic rings. The molecular weight excluding hydrogens is 302 g/mol. The van der Waals surface area contributed by atoms with E-state index >= 15 is 0 Å². The number of hydrogen-bond donors (Lipinski definition) is 1. The first-order chi connectivity index (χ1) is 9.30. The lowest BCUT2D eigenvalue weighted by Crippen LogP contribution is -2.44. The first kappa shape index (κ1) is 15.0. The number of carboxylic acids is 1. The maximum Gasteiger partial charge on any atom is 0.323 e. The molecule has 0 aliphatic carbocycles. The average molecular weight is 317 g/mol. The number of nitrogens with zero attached hydrogens (tertiary/aromatic N) is 1. The molecule has 0 radical (unpaired) electrons. The molecule has 6 nitrogen and oxygen atoms in total.